The molecule has 0 saturated carbocycles. The molecule has 0 heterocycles. The van der Waals surface area contributed by atoms with Gasteiger partial charge in [0, 0.05) is 10.7 Å². The van der Waals surface area contributed by atoms with Crippen LogP contribution in [0.2, 0.25) is 5.02 Å². The van der Waals surface area contributed by atoms with Gasteiger partial charge in [0.25, 0.3) is 5.91 Å². The number of amides is 2. The number of nitrogens with one attached hydrogen (secondary N) is 1. The highest BCUT2D eigenvalue weighted by Gasteiger charge is 2.23. The third-order valence-corrected chi connectivity index (χ3v) is 2.75. The molecule has 0 spiro atoms. The Morgan fingerprint density at radius 3 is 2.39 bits per heavy atom. The lowest BCUT2D eigenvalue weighted by molar-refractivity contribution is -0.120. The van der Waals surface area contributed by atoms with Crippen LogP contribution in [0.3, 0.4) is 0 Å². The Kier molecular flexibility index (Phi) is 4.55. The van der Waals surface area contributed by atoms with Gasteiger partial charge in [-0.25, -0.2) is 0 Å². The fraction of sp³-hybridized carbons (Fsp3) is 0.333. The summed E-state index contributed by atoms with van der Waals surface area (Å²) in [6, 6.07) is 3.81. The predicted molar refractivity (Wildman–Crippen MR) is 71.2 cm³/mol. The van der Waals surface area contributed by atoms with Gasteiger partial charge in [-0.2, -0.15) is 0 Å². The highest BCUT2D eigenvalue weighted by atomic mass is 35.5. The average Bonchev–Trinajstić information content (AvgIpc) is 2.24. The van der Waals surface area contributed by atoms with E-state index < -0.39 is 17.9 Å². The maximum absolute atomic E-state index is 12.0. The summed E-state index contributed by atoms with van der Waals surface area (Å²) in [4.78, 5) is 23.2. The molecule has 0 aliphatic heterocycles. The van der Waals surface area contributed by atoms with Gasteiger partial charge >= 0.3 is 0 Å². The number of rotatable bonds is 4. The topological polar surface area (TPSA) is 98.2 Å². The van der Waals surface area contributed by atoms with Crippen molar-refractivity contribution in [2.75, 3.05) is 5.73 Å². The number of nitrogen functional groups attached to an aromatic ring is 1. The minimum atomic E-state index is -0.729. The van der Waals surface area contributed by atoms with Crippen LogP contribution in [0.1, 0.15) is 24.2 Å². The molecule has 98 valence electrons. The van der Waals surface area contributed by atoms with E-state index in [4.69, 9.17) is 23.1 Å². The van der Waals surface area contributed by atoms with Crippen LogP contribution in [0, 0.1) is 5.92 Å². The molecule has 1 atom stereocenters. The summed E-state index contributed by atoms with van der Waals surface area (Å²) >= 11 is 5.74. The van der Waals surface area contributed by atoms with Gasteiger partial charge in [0.15, 0.2) is 0 Å². The number of hydrogen-bond donors (Lipinski definition) is 3. The molecular weight excluding hydrogens is 254 g/mol. The fourth-order valence-corrected chi connectivity index (χ4v) is 1.71. The summed E-state index contributed by atoms with van der Waals surface area (Å²) in [5, 5.41) is 3.00. The van der Waals surface area contributed by atoms with Crippen LogP contribution >= 0.6 is 11.6 Å². The Balaban J connectivity index is 2.91. The molecule has 5 nitrogen and oxygen atoms in total. The van der Waals surface area contributed by atoms with Crippen LogP contribution in [0.25, 0.3) is 0 Å². The molecule has 0 bridgehead atoms. The number of carbonyl (C=O) groups is 2. The van der Waals surface area contributed by atoms with Crippen molar-refractivity contribution >= 4 is 29.1 Å². The van der Waals surface area contributed by atoms with Crippen molar-refractivity contribution in [3.05, 3.63) is 28.8 Å². The Morgan fingerprint density at radius 1 is 1.33 bits per heavy atom. The summed E-state index contributed by atoms with van der Waals surface area (Å²) in [6.45, 7) is 3.59. The second-order valence-corrected chi connectivity index (χ2v) is 4.77. The summed E-state index contributed by atoms with van der Waals surface area (Å²) in [7, 11) is 0. The molecule has 18 heavy (non-hydrogen) atoms. The van der Waals surface area contributed by atoms with Crippen LogP contribution in [0.5, 0.6) is 0 Å². The van der Waals surface area contributed by atoms with Crippen LogP contribution in [0.15, 0.2) is 18.2 Å². The number of halogens is 1. The van der Waals surface area contributed by atoms with Gasteiger partial charge in [-0.1, -0.05) is 25.4 Å². The van der Waals surface area contributed by atoms with Crippen LogP contribution in [0.4, 0.5) is 5.69 Å². The highest BCUT2D eigenvalue weighted by molar-refractivity contribution is 6.31. The zero-order chi connectivity index (χ0) is 13.9. The van der Waals surface area contributed by atoms with E-state index in [2.05, 4.69) is 5.32 Å². The molecule has 6 heteroatoms. The fourth-order valence-electron chi connectivity index (χ4n) is 1.53. The van der Waals surface area contributed by atoms with Crippen LogP contribution in [-0.4, -0.2) is 17.9 Å². The van der Waals surface area contributed by atoms with Gasteiger partial charge in [-0.05, 0) is 24.1 Å². The molecule has 1 aromatic carbocycles. The van der Waals surface area contributed by atoms with E-state index in [1.54, 1.807) is 19.9 Å². The first-order valence-electron chi connectivity index (χ1n) is 5.48. The molecule has 0 aromatic heterocycles. The van der Waals surface area contributed by atoms with E-state index in [0.717, 1.165) is 0 Å². The lowest BCUT2D eigenvalue weighted by atomic mass is 10.0. The quantitative estimate of drug-likeness (QED) is 0.716. The standard InChI is InChI=1S/C12H16ClN3O2/c1-6(2)10(11(15)17)16-12(18)8-4-3-7(13)5-9(8)14/h3-6,10H,14H2,1-2H3,(H2,15,17)(H,16,18). The Morgan fingerprint density at radius 2 is 1.94 bits per heavy atom. The summed E-state index contributed by atoms with van der Waals surface area (Å²) < 4.78 is 0. The van der Waals surface area contributed by atoms with Gasteiger partial charge in [-0.3, -0.25) is 9.59 Å². The Labute approximate surface area is 110 Å². The van der Waals surface area contributed by atoms with Gasteiger partial charge < -0.3 is 16.8 Å². The van der Waals surface area contributed by atoms with Crippen molar-refractivity contribution in [2.45, 2.75) is 19.9 Å². The third-order valence-electron chi connectivity index (χ3n) is 2.52. The first-order valence-corrected chi connectivity index (χ1v) is 5.86. The monoisotopic (exact) mass is 269 g/mol. The number of nitrogens with two attached hydrogens (primary N) is 2. The minimum Gasteiger partial charge on any atom is -0.398 e. The SMILES string of the molecule is CC(C)C(NC(=O)c1ccc(Cl)cc1N)C(N)=O. The number of anilines is 1. The van der Waals surface area contributed by atoms with Gasteiger partial charge in [-0.15, -0.1) is 0 Å². The van der Waals surface area contributed by atoms with E-state index in [1.807, 2.05) is 0 Å². The molecule has 0 fully saturated rings. The Hall–Kier alpha value is -1.75. The first kappa shape index (κ1) is 14.3. The van der Waals surface area contributed by atoms with E-state index in [0.29, 0.717) is 5.02 Å². The maximum atomic E-state index is 12.0. The van der Waals surface area contributed by atoms with E-state index >= 15 is 0 Å². The van der Waals surface area contributed by atoms with Crippen LogP contribution < -0.4 is 16.8 Å². The lowest BCUT2D eigenvalue weighted by Gasteiger charge is -2.19. The number of carbonyl (C=O) groups excluding carboxylic acids is 2. The van der Waals surface area contributed by atoms with Gasteiger partial charge in [0.1, 0.15) is 6.04 Å². The summed E-state index contributed by atoms with van der Waals surface area (Å²) in [5.41, 5.74) is 11.4. The Bertz CT molecular complexity index is 474. The molecule has 0 radical (unpaired) electrons. The highest BCUT2D eigenvalue weighted by Crippen LogP contribution is 2.18. The van der Waals surface area contributed by atoms with Gasteiger partial charge in [0.05, 0.1) is 5.56 Å². The summed E-state index contributed by atoms with van der Waals surface area (Å²) in [6.07, 6.45) is 0. The third kappa shape index (κ3) is 3.37. The second kappa shape index (κ2) is 5.73. The zero-order valence-corrected chi connectivity index (χ0v) is 11.0. The molecule has 2 amide bonds. The first-order chi connectivity index (χ1) is 8.32. The van der Waals surface area contributed by atoms with E-state index in [-0.39, 0.29) is 17.2 Å². The molecule has 0 aliphatic rings. The number of primary amides is 1. The molecule has 1 unspecified atom stereocenters. The van der Waals surface area contributed by atoms with Crippen LogP contribution in [-0.2, 0) is 4.79 Å². The molecule has 1 aromatic rings. The van der Waals surface area contributed by atoms with E-state index in [1.165, 1.54) is 12.1 Å². The van der Waals surface area contributed by atoms with Crippen molar-refractivity contribution < 1.29 is 9.59 Å². The number of benzene rings is 1. The maximum Gasteiger partial charge on any atom is 0.254 e. The van der Waals surface area contributed by atoms with Crippen molar-refractivity contribution in [1.82, 2.24) is 5.32 Å². The van der Waals surface area contributed by atoms with Crippen molar-refractivity contribution in [2.24, 2.45) is 11.7 Å². The van der Waals surface area contributed by atoms with Crippen molar-refractivity contribution in [1.29, 1.82) is 0 Å². The number of hydrogen-bond acceptors (Lipinski definition) is 3. The molecule has 5 N–H and O–H groups in total. The normalized spacial score (nSPS) is 12.2. The smallest absolute Gasteiger partial charge is 0.254 e. The zero-order valence-electron chi connectivity index (χ0n) is 10.2. The predicted octanol–water partition coefficient (Wildman–Crippen LogP) is 1.16. The molecular formula is C12H16ClN3O2. The second-order valence-electron chi connectivity index (χ2n) is 4.33. The molecule has 0 aliphatic carbocycles. The molecule has 1 rings (SSSR count). The molecule has 0 saturated heterocycles. The van der Waals surface area contributed by atoms with E-state index in [9.17, 15) is 9.59 Å². The van der Waals surface area contributed by atoms with Crippen molar-refractivity contribution in [3.8, 4) is 0 Å². The summed E-state index contributed by atoms with van der Waals surface area (Å²) in [5.74, 6) is -1.12. The largest absolute Gasteiger partial charge is 0.398 e. The lowest BCUT2D eigenvalue weighted by Crippen LogP contribution is -2.47. The van der Waals surface area contributed by atoms with Gasteiger partial charge in [0.2, 0.25) is 5.91 Å². The minimum absolute atomic E-state index is 0.0972. The average molecular weight is 270 g/mol. The van der Waals surface area contributed by atoms with Crippen molar-refractivity contribution in [3.63, 3.8) is 0 Å².